The molecule has 2 heterocycles. The van der Waals surface area contributed by atoms with E-state index in [0.717, 1.165) is 16.9 Å². The second kappa shape index (κ2) is 8.96. The zero-order valence-corrected chi connectivity index (χ0v) is 15.6. The minimum Gasteiger partial charge on any atom is -0.870 e. The first-order valence-corrected chi connectivity index (χ1v) is 6.87. The van der Waals surface area contributed by atoms with Crippen molar-refractivity contribution in [1.29, 1.82) is 0 Å². The van der Waals surface area contributed by atoms with Crippen molar-refractivity contribution in [2.45, 2.75) is 6.92 Å². The SMILES string of the molecule is Cc1cccc(Nc2nccc(-c3ccnc(Cl)c3)n2)c1.[Na+].[OH-]. The summed E-state index contributed by atoms with van der Waals surface area (Å²) in [6.45, 7) is 2.04. The predicted molar refractivity (Wildman–Crippen MR) is 86.7 cm³/mol. The second-order valence-electron chi connectivity index (χ2n) is 4.63. The molecule has 0 saturated heterocycles. The summed E-state index contributed by atoms with van der Waals surface area (Å²) in [7, 11) is 0. The number of aromatic nitrogens is 3. The summed E-state index contributed by atoms with van der Waals surface area (Å²) in [6.07, 6.45) is 3.38. The molecule has 2 aromatic heterocycles. The van der Waals surface area contributed by atoms with Crippen LogP contribution in [0.15, 0.2) is 54.9 Å². The molecule has 0 saturated carbocycles. The van der Waals surface area contributed by atoms with Crippen LogP contribution in [0.1, 0.15) is 5.56 Å². The average Bonchev–Trinajstić information content (AvgIpc) is 2.47. The van der Waals surface area contributed by atoms with E-state index in [0.29, 0.717) is 11.1 Å². The molecule has 0 spiro atoms. The van der Waals surface area contributed by atoms with Crippen LogP contribution in [-0.2, 0) is 0 Å². The first kappa shape index (κ1) is 19.5. The summed E-state index contributed by atoms with van der Waals surface area (Å²) < 4.78 is 0. The quantitative estimate of drug-likeness (QED) is 0.571. The Morgan fingerprint density at radius 3 is 2.52 bits per heavy atom. The van der Waals surface area contributed by atoms with Crippen LogP contribution in [0.3, 0.4) is 0 Å². The van der Waals surface area contributed by atoms with Crippen LogP contribution in [-0.4, -0.2) is 20.4 Å². The molecule has 112 valence electrons. The maximum atomic E-state index is 5.91. The van der Waals surface area contributed by atoms with E-state index in [2.05, 4.69) is 20.3 Å². The van der Waals surface area contributed by atoms with Crippen LogP contribution in [0.5, 0.6) is 0 Å². The van der Waals surface area contributed by atoms with Gasteiger partial charge in [-0.2, -0.15) is 0 Å². The number of nitrogens with zero attached hydrogens (tertiary/aromatic N) is 3. The largest absolute Gasteiger partial charge is 1.00 e. The van der Waals surface area contributed by atoms with Gasteiger partial charge in [-0.1, -0.05) is 23.7 Å². The maximum Gasteiger partial charge on any atom is 1.00 e. The van der Waals surface area contributed by atoms with E-state index >= 15 is 0 Å². The molecule has 0 unspecified atom stereocenters. The molecule has 3 aromatic rings. The molecule has 1 aromatic carbocycles. The summed E-state index contributed by atoms with van der Waals surface area (Å²) in [5.74, 6) is 0.547. The molecule has 0 fully saturated rings. The summed E-state index contributed by atoms with van der Waals surface area (Å²) >= 11 is 5.91. The van der Waals surface area contributed by atoms with Gasteiger partial charge in [-0.25, -0.2) is 15.0 Å². The van der Waals surface area contributed by atoms with Crippen LogP contribution >= 0.6 is 11.6 Å². The summed E-state index contributed by atoms with van der Waals surface area (Å²) in [6, 6.07) is 13.5. The van der Waals surface area contributed by atoms with E-state index in [4.69, 9.17) is 11.6 Å². The number of benzene rings is 1. The molecule has 0 amide bonds. The van der Waals surface area contributed by atoms with E-state index < -0.39 is 0 Å². The van der Waals surface area contributed by atoms with E-state index in [1.54, 1.807) is 18.5 Å². The summed E-state index contributed by atoms with van der Waals surface area (Å²) in [4.78, 5) is 12.7. The summed E-state index contributed by atoms with van der Waals surface area (Å²) in [5.41, 5.74) is 3.84. The van der Waals surface area contributed by atoms with Crippen LogP contribution < -0.4 is 34.9 Å². The molecule has 0 atom stereocenters. The van der Waals surface area contributed by atoms with Crippen LogP contribution in [0.2, 0.25) is 5.15 Å². The van der Waals surface area contributed by atoms with Gasteiger partial charge in [-0.15, -0.1) is 0 Å². The minimum atomic E-state index is 0. The molecule has 2 N–H and O–H groups in total. The Labute approximate surface area is 161 Å². The smallest absolute Gasteiger partial charge is 0.870 e. The van der Waals surface area contributed by atoms with Gasteiger partial charge in [0.1, 0.15) is 5.15 Å². The van der Waals surface area contributed by atoms with Gasteiger partial charge in [0.25, 0.3) is 0 Å². The number of nitrogens with one attached hydrogen (secondary N) is 1. The Hall–Kier alpha value is -1.50. The Morgan fingerprint density at radius 2 is 1.78 bits per heavy atom. The molecular formula is C16H14ClN4NaO. The molecule has 3 rings (SSSR count). The fraction of sp³-hybridized carbons (Fsp3) is 0.0625. The molecule has 0 aliphatic rings. The second-order valence-corrected chi connectivity index (χ2v) is 5.01. The molecule has 23 heavy (non-hydrogen) atoms. The van der Waals surface area contributed by atoms with E-state index in [-0.39, 0.29) is 35.0 Å². The normalized spacial score (nSPS) is 9.48. The van der Waals surface area contributed by atoms with Gasteiger partial charge in [0.15, 0.2) is 0 Å². The predicted octanol–water partition coefficient (Wildman–Crippen LogP) is 1.07. The van der Waals surface area contributed by atoms with Gasteiger partial charge in [0, 0.05) is 23.6 Å². The van der Waals surface area contributed by atoms with Gasteiger partial charge in [0.2, 0.25) is 5.95 Å². The Bertz CT molecular complexity index is 785. The molecule has 0 radical (unpaired) electrons. The number of hydrogen-bond donors (Lipinski definition) is 1. The van der Waals surface area contributed by atoms with Crippen molar-refractivity contribution in [3.63, 3.8) is 0 Å². The number of rotatable bonds is 3. The topological polar surface area (TPSA) is 80.7 Å². The number of anilines is 2. The van der Waals surface area contributed by atoms with Crippen molar-refractivity contribution >= 4 is 23.2 Å². The van der Waals surface area contributed by atoms with E-state index in [1.807, 2.05) is 43.3 Å². The third-order valence-electron chi connectivity index (χ3n) is 2.95. The monoisotopic (exact) mass is 336 g/mol. The molecule has 7 heteroatoms. The molecule has 0 aliphatic carbocycles. The van der Waals surface area contributed by atoms with Crippen LogP contribution in [0.25, 0.3) is 11.3 Å². The van der Waals surface area contributed by atoms with Crippen molar-refractivity contribution in [2.75, 3.05) is 5.32 Å². The molecule has 0 bridgehead atoms. The number of halogens is 1. The minimum absolute atomic E-state index is 0. The maximum absolute atomic E-state index is 5.91. The van der Waals surface area contributed by atoms with E-state index in [9.17, 15) is 0 Å². The van der Waals surface area contributed by atoms with Crippen molar-refractivity contribution in [3.8, 4) is 11.3 Å². The number of pyridine rings is 1. The first-order valence-electron chi connectivity index (χ1n) is 6.49. The van der Waals surface area contributed by atoms with Gasteiger partial charge in [0.05, 0.1) is 5.69 Å². The fourth-order valence-corrected chi connectivity index (χ4v) is 2.17. The number of aryl methyl sites for hydroxylation is 1. The fourth-order valence-electron chi connectivity index (χ4n) is 1.99. The first-order chi connectivity index (χ1) is 10.2. The van der Waals surface area contributed by atoms with Gasteiger partial charge in [-0.3, -0.25) is 0 Å². The Morgan fingerprint density at radius 1 is 1.00 bits per heavy atom. The van der Waals surface area contributed by atoms with Gasteiger partial charge < -0.3 is 10.8 Å². The standard InChI is InChI=1S/C16H13ClN4.Na.H2O/c1-11-3-2-4-13(9-11)20-16-19-8-6-14(21-16)12-5-7-18-15(17)10-12;;/h2-10H,1H3,(H,19,20,21);;1H2/q;+1;/p-1. The molecular weight excluding hydrogens is 323 g/mol. The van der Waals surface area contributed by atoms with Gasteiger partial charge in [-0.05, 0) is 42.8 Å². The molecule has 5 nitrogen and oxygen atoms in total. The van der Waals surface area contributed by atoms with Crippen LogP contribution in [0.4, 0.5) is 11.6 Å². The average molecular weight is 337 g/mol. The Balaban J connectivity index is 0.00000132. The van der Waals surface area contributed by atoms with Crippen molar-refractivity contribution in [1.82, 2.24) is 15.0 Å². The van der Waals surface area contributed by atoms with Gasteiger partial charge >= 0.3 is 29.6 Å². The molecule has 0 aliphatic heterocycles. The Kier molecular flexibility index (Phi) is 7.61. The summed E-state index contributed by atoms with van der Waals surface area (Å²) in [5, 5.41) is 3.64. The number of hydrogen-bond acceptors (Lipinski definition) is 5. The van der Waals surface area contributed by atoms with Crippen molar-refractivity contribution < 1.29 is 35.0 Å². The van der Waals surface area contributed by atoms with Crippen molar-refractivity contribution in [2.24, 2.45) is 0 Å². The third kappa shape index (κ3) is 5.27. The third-order valence-corrected chi connectivity index (χ3v) is 3.16. The van der Waals surface area contributed by atoms with Crippen LogP contribution in [0, 0.1) is 6.92 Å². The zero-order valence-electron chi connectivity index (χ0n) is 12.9. The van der Waals surface area contributed by atoms with Crippen molar-refractivity contribution in [3.05, 3.63) is 65.6 Å². The zero-order chi connectivity index (χ0) is 14.7. The van der Waals surface area contributed by atoms with E-state index in [1.165, 1.54) is 5.56 Å².